The Morgan fingerprint density at radius 3 is 2.33 bits per heavy atom. The molecule has 6 heteroatoms. The highest BCUT2D eigenvalue weighted by Crippen LogP contribution is 2.38. The van der Waals surface area contributed by atoms with Gasteiger partial charge in [-0.15, -0.1) is 11.3 Å². The van der Waals surface area contributed by atoms with Crippen LogP contribution in [-0.4, -0.2) is 25.0 Å². The second-order valence-corrected chi connectivity index (χ2v) is 13.5. The first kappa shape index (κ1) is 16.3. The first-order valence-electron chi connectivity index (χ1n) is 5.94. The van der Waals surface area contributed by atoms with Gasteiger partial charge in [-0.1, -0.05) is 20.8 Å². The van der Waals surface area contributed by atoms with E-state index in [0.29, 0.717) is 11.6 Å². The van der Waals surface area contributed by atoms with E-state index in [0.717, 1.165) is 3.79 Å². The van der Waals surface area contributed by atoms with E-state index in [-0.39, 0.29) is 5.04 Å². The number of rotatable bonds is 4. The van der Waals surface area contributed by atoms with Gasteiger partial charge < -0.3 is 9.53 Å². The van der Waals surface area contributed by atoms with Crippen LogP contribution < -0.4 is 0 Å². The van der Waals surface area contributed by atoms with E-state index in [1.807, 2.05) is 0 Å². The third-order valence-corrected chi connectivity index (χ3v) is 9.67. The molecule has 0 spiro atoms. The van der Waals surface area contributed by atoms with Gasteiger partial charge in [-0.2, -0.15) is 0 Å². The third-order valence-electron chi connectivity index (χ3n) is 3.46. The van der Waals surface area contributed by atoms with Gasteiger partial charge >= 0.3 is 0 Å². The van der Waals surface area contributed by atoms with Gasteiger partial charge in [-0.05, 0) is 41.0 Å². The highest BCUT2D eigenvalue weighted by atomic mass is 79.9. The summed E-state index contributed by atoms with van der Waals surface area (Å²) in [5.74, 6) is 0. The third kappa shape index (κ3) is 3.87. The second kappa shape index (κ2) is 5.32. The first-order valence-corrected chi connectivity index (χ1v) is 10.5. The number of nitrogens with zero attached hydrogens (tertiary/aromatic N) is 1. The van der Waals surface area contributed by atoms with Gasteiger partial charge in [-0.25, -0.2) is 4.98 Å². The van der Waals surface area contributed by atoms with Gasteiger partial charge in [-0.3, -0.25) is 0 Å². The van der Waals surface area contributed by atoms with Crippen LogP contribution in [0.3, 0.4) is 0 Å². The molecule has 1 aromatic rings. The molecule has 0 saturated heterocycles. The van der Waals surface area contributed by atoms with E-state index in [1.54, 1.807) is 13.1 Å². The van der Waals surface area contributed by atoms with Crippen molar-refractivity contribution in [2.24, 2.45) is 0 Å². The fourth-order valence-corrected chi connectivity index (χ4v) is 3.41. The Kier molecular flexibility index (Phi) is 4.82. The van der Waals surface area contributed by atoms with Gasteiger partial charge in [0.15, 0.2) is 8.32 Å². The van der Waals surface area contributed by atoms with E-state index in [1.165, 1.54) is 11.3 Å². The van der Waals surface area contributed by atoms with E-state index in [2.05, 4.69) is 54.8 Å². The maximum absolute atomic E-state index is 10.5. The van der Waals surface area contributed by atoms with Crippen LogP contribution in [0.4, 0.5) is 0 Å². The van der Waals surface area contributed by atoms with Crippen LogP contribution in [0.15, 0.2) is 9.98 Å². The quantitative estimate of drug-likeness (QED) is 0.829. The monoisotopic (exact) mass is 351 g/mol. The second-order valence-electron chi connectivity index (χ2n) is 6.29. The predicted octanol–water partition coefficient (Wildman–Crippen LogP) is 4.13. The zero-order chi connectivity index (χ0) is 14.2. The highest BCUT2D eigenvalue weighted by Gasteiger charge is 2.39. The van der Waals surface area contributed by atoms with E-state index >= 15 is 0 Å². The van der Waals surface area contributed by atoms with Crippen molar-refractivity contribution in [2.45, 2.75) is 51.4 Å². The Morgan fingerprint density at radius 1 is 1.39 bits per heavy atom. The zero-order valence-corrected chi connectivity index (χ0v) is 15.3. The van der Waals surface area contributed by atoms with Crippen molar-refractivity contribution >= 4 is 35.6 Å². The Labute approximate surface area is 123 Å². The summed E-state index contributed by atoms with van der Waals surface area (Å²) in [4.78, 5) is 4.21. The summed E-state index contributed by atoms with van der Waals surface area (Å²) in [5.41, 5.74) is -1.02. The number of thiazole rings is 1. The molecule has 1 rings (SSSR count). The van der Waals surface area contributed by atoms with Gasteiger partial charge in [0.25, 0.3) is 0 Å². The minimum atomic E-state index is -1.84. The standard InChI is InChI=1S/C12H22BrNO2SSi/c1-11(2,3)18(5,6)16-8-12(4,15)10-14-7-9(13)17-10/h7,15H,8H2,1-6H3. The lowest BCUT2D eigenvalue weighted by atomic mass is 10.1. The fourth-order valence-electron chi connectivity index (χ4n) is 1.10. The first-order chi connectivity index (χ1) is 7.96. The molecular weight excluding hydrogens is 330 g/mol. The number of hydrogen-bond acceptors (Lipinski definition) is 4. The molecule has 0 aromatic carbocycles. The van der Waals surface area contributed by atoms with Crippen LogP contribution in [-0.2, 0) is 10.0 Å². The van der Waals surface area contributed by atoms with Gasteiger partial charge in [0.1, 0.15) is 10.6 Å². The van der Waals surface area contributed by atoms with Crippen LogP contribution in [0.2, 0.25) is 18.1 Å². The lowest BCUT2D eigenvalue weighted by Crippen LogP contribution is -2.44. The largest absolute Gasteiger partial charge is 0.413 e. The topological polar surface area (TPSA) is 42.4 Å². The summed E-state index contributed by atoms with van der Waals surface area (Å²) in [6, 6.07) is 0. The molecule has 1 atom stereocenters. The molecule has 3 nitrogen and oxygen atoms in total. The highest BCUT2D eigenvalue weighted by molar-refractivity contribution is 9.11. The minimum absolute atomic E-state index is 0.145. The molecule has 104 valence electrons. The summed E-state index contributed by atoms with van der Waals surface area (Å²) in [6.45, 7) is 13.0. The molecule has 0 aliphatic heterocycles. The molecule has 0 fully saturated rings. The fraction of sp³-hybridized carbons (Fsp3) is 0.750. The molecule has 1 unspecified atom stereocenters. The van der Waals surface area contributed by atoms with Crippen LogP contribution in [0.1, 0.15) is 32.7 Å². The molecule has 0 bridgehead atoms. The van der Waals surface area contributed by atoms with Gasteiger partial charge in [0.2, 0.25) is 0 Å². The van der Waals surface area contributed by atoms with Crippen LogP contribution >= 0.6 is 27.3 Å². The zero-order valence-electron chi connectivity index (χ0n) is 11.9. The molecule has 18 heavy (non-hydrogen) atoms. The van der Waals surface area contributed by atoms with Crippen molar-refractivity contribution in [3.05, 3.63) is 15.0 Å². The summed E-state index contributed by atoms with van der Waals surface area (Å²) >= 11 is 4.80. The Hall–Kier alpha value is 0.247. The predicted molar refractivity (Wildman–Crippen MR) is 82.5 cm³/mol. The lowest BCUT2D eigenvalue weighted by Gasteiger charge is -2.38. The number of hydrogen-bond donors (Lipinski definition) is 1. The normalized spacial score (nSPS) is 16.7. The molecule has 0 saturated carbocycles. The minimum Gasteiger partial charge on any atom is -0.413 e. The lowest BCUT2D eigenvalue weighted by molar-refractivity contribution is 0.00244. The van der Waals surface area contributed by atoms with Crippen molar-refractivity contribution in [2.75, 3.05) is 6.61 Å². The molecule has 0 aliphatic rings. The molecule has 0 aliphatic carbocycles. The number of halogens is 1. The van der Waals surface area contributed by atoms with Gasteiger partial charge in [0.05, 0.1) is 16.6 Å². The molecule has 1 N–H and O–H groups in total. The molecule has 1 aromatic heterocycles. The maximum Gasteiger partial charge on any atom is 0.192 e. The number of aliphatic hydroxyl groups is 1. The van der Waals surface area contributed by atoms with Crippen LogP contribution in [0, 0.1) is 0 Å². The summed E-state index contributed by atoms with van der Waals surface area (Å²) in [5, 5.41) is 11.3. The van der Waals surface area contributed by atoms with Crippen LogP contribution in [0.25, 0.3) is 0 Å². The Balaban J connectivity index is 2.74. The summed E-state index contributed by atoms with van der Waals surface area (Å²) in [7, 11) is -1.84. The van der Waals surface area contributed by atoms with Crippen molar-refractivity contribution in [1.29, 1.82) is 0 Å². The van der Waals surface area contributed by atoms with Crippen molar-refractivity contribution in [1.82, 2.24) is 4.98 Å². The summed E-state index contributed by atoms with van der Waals surface area (Å²) in [6.07, 6.45) is 1.71. The average Bonchev–Trinajstić information content (AvgIpc) is 2.61. The molecular formula is C12H22BrNO2SSi. The molecule has 0 radical (unpaired) electrons. The number of aromatic nitrogens is 1. The Morgan fingerprint density at radius 2 is 1.94 bits per heavy atom. The summed E-state index contributed by atoms with van der Waals surface area (Å²) < 4.78 is 6.98. The smallest absolute Gasteiger partial charge is 0.192 e. The van der Waals surface area contributed by atoms with E-state index in [9.17, 15) is 5.11 Å². The van der Waals surface area contributed by atoms with E-state index in [4.69, 9.17) is 4.43 Å². The molecule has 0 amide bonds. The average molecular weight is 352 g/mol. The van der Waals surface area contributed by atoms with Gasteiger partial charge in [0, 0.05) is 0 Å². The van der Waals surface area contributed by atoms with Crippen molar-refractivity contribution in [3.8, 4) is 0 Å². The maximum atomic E-state index is 10.5. The van der Waals surface area contributed by atoms with Crippen molar-refractivity contribution in [3.63, 3.8) is 0 Å². The van der Waals surface area contributed by atoms with Crippen LogP contribution in [0.5, 0.6) is 0 Å². The van der Waals surface area contributed by atoms with E-state index < -0.39 is 13.9 Å². The van der Waals surface area contributed by atoms with Crippen molar-refractivity contribution < 1.29 is 9.53 Å². The Bertz CT molecular complexity index is 412. The molecule has 1 heterocycles. The SMILES string of the molecule is CC(O)(CO[Si](C)(C)C(C)(C)C)c1ncc(Br)s1.